The second-order valence-electron chi connectivity index (χ2n) is 6.95. The number of carbonyl (C=O) groups excluding carboxylic acids is 1. The van der Waals surface area contributed by atoms with E-state index in [1.54, 1.807) is 12.1 Å². The molecule has 0 spiro atoms. The Labute approximate surface area is 186 Å². The molecule has 0 aliphatic rings. The lowest BCUT2D eigenvalue weighted by Crippen LogP contribution is -2.16. The fourth-order valence-corrected chi connectivity index (χ4v) is 3.91. The molecule has 0 aliphatic heterocycles. The highest BCUT2D eigenvalue weighted by Gasteiger charge is 2.19. The standard InChI is InChI=1S/C22H25ClN4O2S/c1-5-27-21(16(4)29-18-10-6-14(2)7-11-18)25-26-22(27)30-13-20(28)24-19-12-17(23)9-8-15(19)3/h6-12,16H,5,13H2,1-4H3,(H,24,28). The molecule has 6 nitrogen and oxygen atoms in total. The van der Waals surface area contributed by atoms with Crippen LogP contribution >= 0.6 is 23.4 Å². The molecular formula is C22H25ClN4O2S. The van der Waals surface area contributed by atoms with Gasteiger partial charge in [-0.25, -0.2) is 0 Å². The van der Waals surface area contributed by atoms with Gasteiger partial charge < -0.3 is 14.6 Å². The van der Waals surface area contributed by atoms with Crippen LogP contribution < -0.4 is 10.1 Å². The molecule has 0 aliphatic carbocycles. The van der Waals surface area contributed by atoms with Crippen molar-refractivity contribution in [3.05, 3.63) is 64.4 Å². The molecule has 3 rings (SSSR count). The number of nitrogens with one attached hydrogen (secondary N) is 1. The van der Waals surface area contributed by atoms with E-state index in [1.807, 2.05) is 62.6 Å². The molecule has 158 valence electrons. The number of nitrogens with zero attached hydrogens (tertiary/aromatic N) is 3. The van der Waals surface area contributed by atoms with Crippen LogP contribution in [0.25, 0.3) is 0 Å². The molecule has 0 saturated heterocycles. The van der Waals surface area contributed by atoms with Crippen molar-refractivity contribution in [3.63, 3.8) is 0 Å². The molecule has 0 bridgehead atoms. The maximum Gasteiger partial charge on any atom is 0.234 e. The lowest BCUT2D eigenvalue weighted by Gasteiger charge is -2.15. The number of carbonyl (C=O) groups is 1. The molecule has 1 amide bonds. The fraction of sp³-hybridized carbons (Fsp3) is 0.318. The Bertz CT molecular complexity index is 1020. The van der Waals surface area contributed by atoms with E-state index in [9.17, 15) is 4.79 Å². The second-order valence-corrected chi connectivity index (χ2v) is 8.33. The zero-order valence-corrected chi connectivity index (χ0v) is 19.0. The number of benzene rings is 2. The van der Waals surface area contributed by atoms with Crippen molar-refractivity contribution < 1.29 is 9.53 Å². The van der Waals surface area contributed by atoms with Gasteiger partial charge in [0, 0.05) is 17.3 Å². The molecule has 3 aromatic rings. The third kappa shape index (κ3) is 5.55. The predicted octanol–water partition coefficient (Wildman–Crippen LogP) is 5.44. The molecule has 0 fully saturated rings. The first-order valence-electron chi connectivity index (χ1n) is 9.72. The minimum absolute atomic E-state index is 0.124. The highest BCUT2D eigenvalue weighted by molar-refractivity contribution is 7.99. The predicted molar refractivity (Wildman–Crippen MR) is 121 cm³/mol. The van der Waals surface area contributed by atoms with E-state index in [-0.39, 0.29) is 17.8 Å². The molecule has 0 radical (unpaired) electrons. The number of rotatable bonds is 8. The smallest absolute Gasteiger partial charge is 0.234 e. The van der Waals surface area contributed by atoms with Gasteiger partial charge >= 0.3 is 0 Å². The van der Waals surface area contributed by atoms with E-state index >= 15 is 0 Å². The number of amides is 1. The van der Waals surface area contributed by atoms with Crippen LogP contribution in [0.4, 0.5) is 5.69 Å². The fourth-order valence-electron chi connectivity index (χ4n) is 2.92. The number of ether oxygens (including phenoxy) is 1. The summed E-state index contributed by atoms with van der Waals surface area (Å²) in [4.78, 5) is 12.4. The SMILES string of the molecule is CCn1c(SCC(=O)Nc2cc(Cl)ccc2C)nnc1C(C)Oc1ccc(C)cc1. The van der Waals surface area contributed by atoms with Crippen LogP contribution in [0.5, 0.6) is 5.75 Å². The summed E-state index contributed by atoms with van der Waals surface area (Å²) in [6.07, 6.45) is -0.266. The summed E-state index contributed by atoms with van der Waals surface area (Å²) in [6.45, 7) is 8.61. The van der Waals surface area contributed by atoms with Gasteiger partial charge in [0.15, 0.2) is 17.1 Å². The van der Waals surface area contributed by atoms with Crippen molar-refractivity contribution in [2.75, 3.05) is 11.1 Å². The van der Waals surface area contributed by atoms with Gasteiger partial charge in [-0.15, -0.1) is 10.2 Å². The molecule has 30 heavy (non-hydrogen) atoms. The monoisotopic (exact) mass is 444 g/mol. The minimum atomic E-state index is -0.266. The summed E-state index contributed by atoms with van der Waals surface area (Å²) < 4.78 is 7.99. The molecule has 8 heteroatoms. The Kier molecular flexibility index (Phi) is 7.39. The van der Waals surface area contributed by atoms with Crippen LogP contribution in [0.2, 0.25) is 5.02 Å². The lowest BCUT2D eigenvalue weighted by atomic mass is 10.2. The van der Waals surface area contributed by atoms with Crippen LogP contribution in [0.15, 0.2) is 47.6 Å². The summed E-state index contributed by atoms with van der Waals surface area (Å²) in [5.74, 6) is 1.61. The topological polar surface area (TPSA) is 69.0 Å². The third-order valence-corrected chi connectivity index (χ3v) is 5.77. The first kappa shape index (κ1) is 22.2. The van der Waals surface area contributed by atoms with E-state index in [0.29, 0.717) is 22.4 Å². The summed E-state index contributed by atoms with van der Waals surface area (Å²) in [5.41, 5.74) is 2.85. The van der Waals surface area contributed by atoms with Crippen molar-refractivity contribution >= 4 is 35.0 Å². The average Bonchev–Trinajstić information content (AvgIpc) is 3.14. The molecule has 1 N–H and O–H groups in total. The van der Waals surface area contributed by atoms with Crippen LogP contribution in [-0.2, 0) is 11.3 Å². The van der Waals surface area contributed by atoms with Crippen molar-refractivity contribution in [2.24, 2.45) is 0 Å². The van der Waals surface area contributed by atoms with E-state index < -0.39 is 0 Å². The van der Waals surface area contributed by atoms with Crippen molar-refractivity contribution in [3.8, 4) is 5.75 Å². The average molecular weight is 445 g/mol. The summed E-state index contributed by atoms with van der Waals surface area (Å²) in [5, 5.41) is 12.7. The summed E-state index contributed by atoms with van der Waals surface area (Å²) in [6, 6.07) is 13.3. The Hall–Kier alpha value is -2.51. The van der Waals surface area contributed by atoms with E-state index in [0.717, 1.165) is 17.1 Å². The molecule has 1 aromatic heterocycles. The van der Waals surface area contributed by atoms with Crippen LogP contribution in [0, 0.1) is 13.8 Å². The zero-order chi connectivity index (χ0) is 21.7. The molecule has 1 atom stereocenters. The largest absolute Gasteiger partial charge is 0.483 e. The molecule has 2 aromatic carbocycles. The number of aromatic nitrogens is 3. The van der Waals surface area contributed by atoms with Gasteiger partial charge in [0.2, 0.25) is 5.91 Å². The second kappa shape index (κ2) is 10.00. The van der Waals surface area contributed by atoms with E-state index in [4.69, 9.17) is 16.3 Å². The van der Waals surface area contributed by atoms with Crippen molar-refractivity contribution in [1.29, 1.82) is 0 Å². The van der Waals surface area contributed by atoms with Gasteiger partial charge in [-0.3, -0.25) is 4.79 Å². The van der Waals surface area contributed by atoms with Gasteiger partial charge in [-0.1, -0.05) is 47.1 Å². The number of aryl methyl sites for hydroxylation is 2. The molecule has 1 unspecified atom stereocenters. The lowest BCUT2D eigenvalue weighted by molar-refractivity contribution is -0.113. The Morgan fingerprint density at radius 2 is 1.93 bits per heavy atom. The van der Waals surface area contributed by atoms with Crippen LogP contribution in [-0.4, -0.2) is 26.4 Å². The zero-order valence-electron chi connectivity index (χ0n) is 17.5. The normalized spacial score (nSPS) is 11.9. The van der Waals surface area contributed by atoms with Crippen molar-refractivity contribution in [1.82, 2.24) is 14.8 Å². The van der Waals surface area contributed by atoms with Gasteiger partial charge in [-0.2, -0.15) is 0 Å². The number of hydrogen-bond donors (Lipinski definition) is 1. The first-order chi connectivity index (χ1) is 14.4. The Morgan fingerprint density at radius 3 is 2.63 bits per heavy atom. The Balaban J connectivity index is 1.64. The summed E-state index contributed by atoms with van der Waals surface area (Å²) >= 11 is 7.37. The summed E-state index contributed by atoms with van der Waals surface area (Å²) in [7, 11) is 0. The maximum atomic E-state index is 12.4. The highest BCUT2D eigenvalue weighted by atomic mass is 35.5. The number of thioether (sulfide) groups is 1. The van der Waals surface area contributed by atoms with Gasteiger partial charge in [0.25, 0.3) is 0 Å². The maximum absolute atomic E-state index is 12.4. The molecular weight excluding hydrogens is 420 g/mol. The number of anilines is 1. The molecule has 1 heterocycles. The highest BCUT2D eigenvalue weighted by Crippen LogP contribution is 2.25. The van der Waals surface area contributed by atoms with Gasteiger partial charge in [0.05, 0.1) is 5.75 Å². The van der Waals surface area contributed by atoms with Crippen molar-refractivity contribution in [2.45, 2.75) is 45.5 Å². The minimum Gasteiger partial charge on any atom is -0.483 e. The van der Waals surface area contributed by atoms with E-state index in [2.05, 4.69) is 15.5 Å². The van der Waals surface area contributed by atoms with Crippen LogP contribution in [0.1, 0.15) is 36.9 Å². The van der Waals surface area contributed by atoms with Gasteiger partial charge in [0.1, 0.15) is 5.75 Å². The number of hydrogen-bond acceptors (Lipinski definition) is 5. The van der Waals surface area contributed by atoms with Gasteiger partial charge in [-0.05, 0) is 57.5 Å². The van der Waals surface area contributed by atoms with E-state index in [1.165, 1.54) is 17.3 Å². The Morgan fingerprint density at radius 1 is 1.20 bits per heavy atom. The first-order valence-corrected chi connectivity index (χ1v) is 11.1. The molecule has 0 saturated carbocycles. The van der Waals surface area contributed by atoms with Crippen LogP contribution in [0.3, 0.4) is 0 Å². The number of halogens is 1. The third-order valence-electron chi connectivity index (χ3n) is 4.57. The quantitative estimate of drug-likeness (QED) is 0.468.